The SMILES string of the molecule is CCN(c1ncc(Cl)c(Nc2ccc3c(c2)c2c(c(=O)n3C)OCC(F)(F)CN2)n1)C(C)CN(C)C(C)=O. The average Bonchev–Trinajstić information content (AvgIpc) is 3.03. The molecule has 13 heteroatoms. The number of nitrogens with one attached hydrogen (secondary N) is 2. The summed E-state index contributed by atoms with van der Waals surface area (Å²) in [5.74, 6) is -2.55. The fourth-order valence-corrected chi connectivity index (χ4v) is 4.49. The summed E-state index contributed by atoms with van der Waals surface area (Å²) in [4.78, 5) is 37.0. The minimum Gasteiger partial charge on any atom is -0.480 e. The number of anilines is 4. The fourth-order valence-electron chi connectivity index (χ4n) is 4.35. The van der Waals surface area contributed by atoms with Crippen molar-refractivity contribution < 1.29 is 18.3 Å². The predicted octanol–water partition coefficient (Wildman–Crippen LogP) is 3.86. The molecule has 38 heavy (non-hydrogen) atoms. The van der Waals surface area contributed by atoms with E-state index in [1.54, 1.807) is 37.2 Å². The van der Waals surface area contributed by atoms with Gasteiger partial charge in [-0.2, -0.15) is 4.98 Å². The second kappa shape index (κ2) is 10.6. The molecule has 0 bridgehead atoms. The number of rotatable bonds is 7. The Morgan fingerprint density at radius 3 is 2.82 bits per heavy atom. The van der Waals surface area contributed by atoms with Gasteiger partial charge in [0, 0.05) is 51.2 Å². The van der Waals surface area contributed by atoms with Gasteiger partial charge in [-0.25, -0.2) is 13.8 Å². The molecule has 1 aliphatic rings. The number of pyridine rings is 1. The number of benzene rings is 1. The van der Waals surface area contributed by atoms with Crippen LogP contribution in [0, 0.1) is 0 Å². The lowest BCUT2D eigenvalue weighted by Gasteiger charge is -2.31. The van der Waals surface area contributed by atoms with E-state index in [2.05, 4.69) is 20.6 Å². The van der Waals surface area contributed by atoms with Gasteiger partial charge in [-0.3, -0.25) is 9.59 Å². The Balaban J connectivity index is 1.69. The van der Waals surface area contributed by atoms with Gasteiger partial charge < -0.3 is 29.7 Å². The van der Waals surface area contributed by atoms with E-state index >= 15 is 0 Å². The maximum absolute atomic E-state index is 14.0. The van der Waals surface area contributed by atoms with Crippen molar-refractivity contribution in [3.63, 3.8) is 0 Å². The summed E-state index contributed by atoms with van der Waals surface area (Å²) in [6.45, 7) is 4.99. The van der Waals surface area contributed by atoms with Gasteiger partial charge in [0.2, 0.25) is 17.6 Å². The first-order chi connectivity index (χ1) is 17.9. The number of alkyl halides is 2. The van der Waals surface area contributed by atoms with E-state index in [-0.39, 0.29) is 28.4 Å². The van der Waals surface area contributed by atoms with E-state index in [1.807, 2.05) is 18.7 Å². The number of hydrogen-bond acceptors (Lipinski definition) is 8. The first kappa shape index (κ1) is 27.4. The molecule has 4 rings (SSSR count). The van der Waals surface area contributed by atoms with Crippen LogP contribution in [0.3, 0.4) is 0 Å². The van der Waals surface area contributed by atoms with Crippen molar-refractivity contribution in [2.24, 2.45) is 7.05 Å². The van der Waals surface area contributed by atoms with Crippen molar-refractivity contribution in [3.8, 4) is 5.75 Å². The lowest BCUT2D eigenvalue weighted by atomic mass is 10.1. The number of aryl methyl sites for hydroxylation is 1. The summed E-state index contributed by atoms with van der Waals surface area (Å²) in [5.41, 5.74) is 0.802. The third-order valence-corrected chi connectivity index (χ3v) is 6.78. The number of ether oxygens (including phenoxy) is 1. The molecule has 1 unspecified atom stereocenters. The molecule has 2 aromatic heterocycles. The summed E-state index contributed by atoms with van der Waals surface area (Å²) in [6, 6.07) is 5.09. The molecule has 3 heterocycles. The normalized spacial score (nSPS) is 15.1. The molecule has 204 valence electrons. The van der Waals surface area contributed by atoms with Crippen molar-refractivity contribution in [2.45, 2.75) is 32.7 Å². The fraction of sp³-hybridized carbons (Fsp3) is 0.440. The number of fused-ring (bicyclic) bond motifs is 3. The van der Waals surface area contributed by atoms with Gasteiger partial charge in [-0.1, -0.05) is 11.6 Å². The Morgan fingerprint density at radius 2 is 2.13 bits per heavy atom. The highest BCUT2D eigenvalue weighted by atomic mass is 35.5. The van der Waals surface area contributed by atoms with Crippen LogP contribution >= 0.6 is 11.6 Å². The van der Waals surface area contributed by atoms with Gasteiger partial charge in [0.05, 0.1) is 23.9 Å². The molecule has 10 nitrogen and oxygen atoms in total. The maximum atomic E-state index is 14.0. The van der Waals surface area contributed by atoms with E-state index in [4.69, 9.17) is 16.3 Å². The van der Waals surface area contributed by atoms with Crippen molar-refractivity contribution in [2.75, 3.05) is 48.8 Å². The molecule has 0 saturated heterocycles. The number of nitrogens with zero attached hydrogens (tertiary/aromatic N) is 5. The molecule has 1 atom stereocenters. The Hall–Kier alpha value is -3.67. The lowest BCUT2D eigenvalue weighted by molar-refractivity contribution is -0.127. The molecular weight excluding hydrogens is 520 g/mol. The third kappa shape index (κ3) is 5.45. The molecule has 3 aromatic rings. The van der Waals surface area contributed by atoms with Gasteiger partial charge in [0.15, 0.2) is 12.4 Å². The summed E-state index contributed by atoms with van der Waals surface area (Å²) in [7, 11) is 3.29. The second-order valence-corrected chi connectivity index (χ2v) is 9.73. The number of carbonyl (C=O) groups is 1. The van der Waals surface area contributed by atoms with E-state index in [0.29, 0.717) is 41.4 Å². The molecule has 0 fully saturated rings. The largest absolute Gasteiger partial charge is 0.480 e. The smallest absolute Gasteiger partial charge is 0.298 e. The van der Waals surface area contributed by atoms with Crippen LogP contribution < -0.4 is 25.8 Å². The highest BCUT2D eigenvalue weighted by molar-refractivity contribution is 6.33. The van der Waals surface area contributed by atoms with E-state index in [1.165, 1.54) is 17.7 Å². The van der Waals surface area contributed by atoms with E-state index < -0.39 is 24.6 Å². The summed E-state index contributed by atoms with van der Waals surface area (Å²) < 4.78 is 34.6. The highest BCUT2D eigenvalue weighted by Gasteiger charge is 2.35. The summed E-state index contributed by atoms with van der Waals surface area (Å²) in [5, 5.41) is 6.67. The van der Waals surface area contributed by atoms with Gasteiger partial charge in [0.25, 0.3) is 11.5 Å². The quantitative estimate of drug-likeness (QED) is 0.458. The standard InChI is InChI=1S/C25H30ClF2N7O3/c1-6-35(14(2)11-33(4)15(3)36)24-29-10-18(26)22(32-24)31-16-7-8-19-17(9-16)20-21(23(37)34(19)5)38-13-25(27,28)12-30-20/h7-10,14,30H,6,11-13H2,1-5H3,(H,29,31,32). The molecule has 0 saturated carbocycles. The van der Waals surface area contributed by atoms with Crippen LogP contribution in [-0.4, -0.2) is 70.6 Å². The number of likely N-dealkylation sites (N-methyl/N-ethyl adjacent to an activating group) is 2. The highest BCUT2D eigenvalue weighted by Crippen LogP contribution is 2.36. The molecule has 2 N–H and O–H groups in total. The van der Waals surface area contributed by atoms with Crippen LogP contribution in [0.4, 0.5) is 31.9 Å². The Morgan fingerprint density at radius 1 is 1.39 bits per heavy atom. The minimum atomic E-state index is -3.13. The first-order valence-electron chi connectivity index (χ1n) is 12.1. The topological polar surface area (TPSA) is 105 Å². The lowest BCUT2D eigenvalue weighted by Crippen LogP contribution is -2.43. The number of amides is 1. The van der Waals surface area contributed by atoms with Crippen molar-refractivity contribution in [3.05, 3.63) is 39.8 Å². The van der Waals surface area contributed by atoms with Crippen LogP contribution in [0.1, 0.15) is 20.8 Å². The molecular formula is C25H30ClF2N7O3. The third-order valence-electron chi connectivity index (χ3n) is 6.50. The van der Waals surface area contributed by atoms with Gasteiger partial charge in [-0.15, -0.1) is 0 Å². The zero-order valence-electron chi connectivity index (χ0n) is 21.8. The maximum Gasteiger partial charge on any atom is 0.298 e. The molecule has 0 radical (unpaired) electrons. The second-order valence-electron chi connectivity index (χ2n) is 9.32. The van der Waals surface area contributed by atoms with Crippen molar-refractivity contribution in [1.82, 2.24) is 19.4 Å². The van der Waals surface area contributed by atoms with Crippen LogP contribution in [0.5, 0.6) is 5.75 Å². The molecule has 0 aliphatic carbocycles. The van der Waals surface area contributed by atoms with Crippen molar-refractivity contribution >= 4 is 51.6 Å². The first-order valence-corrected chi connectivity index (χ1v) is 12.5. The number of aromatic nitrogens is 3. The molecule has 0 spiro atoms. The molecule has 1 aliphatic heterocycles. The van der Waals surface area contributed by atoms with Crippen molar-refractivity contribution in [1.29, 1.82) is 0 Å². The zero-order chi connectivity index (χ0) is 27.8. The minimum absolute atomic E-state index is 0.0393. The average molecular weight is 550 g/mol. The van der Waals surface area contributed by atoms with Gasteiger partial charge in [-0.05, 0) is 32.0 Å². The number of hydrogen-bond donors (Lipinski definition) is 2. The predicted molar refractivity (Wildman–Crippen MR) is 144 cm³/mol. The van der Waals surface area contributed by atoms with Crippen LogP contribution in [0.15, 0.2) is 29.2 Å². The summed E-state index contributed by atoms with van der Waals surface area (Å²) >= 11 is 6.41. The van der Waals surface area contributed by atoms with Gasteiger partial charge in [0.1, 0.15) is 5.02 Å². The monoisotopic (exact) mass is 549 g/mol. The number of carbonyl (C=O) groups excluding carboxylic acids is 1. The van der Waals surface area contributed by atoms with E-state index in [0.717, 1.165) is 0 Å². The number of halogens is 3. The van der Waals surface area contributed by atoms with Gasteiger partial charge >= 0.3 is 0 Å². The zero-order valence-corrected chi connectivity index (χ0v) is 22.6. The Bertz CT molecular complexity index is 1430. The Kier molecular flexibility index (Phi) is 7.63. The molecule has 1 aromatic carbocycles. The Labute approximate surface area is 223 Å². The van der Waals surface area contributed by atoms with E-state index in [9.17, 15) is 18.4 Å². The van der Waals surface area contributed by atoms with Crippen LogP contribution in [0.25, 0.3) is 10.9 Å². The molecule has 1 amide bonds. The van der Waals surface area contributed by atoms with Crippen LogP contribution in [0.2, 0.25) is 5.02 Å². The van der Waals surface area contributed by atoms with Crippen LogP contribution in [-0.2, 0) is 11.8 Å². The summed E-state index contributed by atoms with van der Waals surface area (Å²) in [6.07, 6.45) is 1.49.